The molecule has 0 saturated heterocycles. The Bertz CT molecular complexity index is 1130. The largest absolute Gasteiger partial charge is 0.381 e. The van der Waals surface area contributed by atoms with Gasteiger partial charge in [0.15, 0.2) is 6.10 Å². The molecule has 0 heterocycles. The van der Waals surface area contributed by atoms with E-state index < -0.39 is 72.6 Å². The zero-order valence-electron chi connectivity index (χ0n) is 20.7. The van der Waals surface area contributed by atoms with Gasteiger partial charge in [0, 0.05) is 31.9 Å². The molecule has 3 amide bonds. The zero-order chi connectivity index (χ0) is 28.3. The van der Waals surface area contributed by atoms with Gasteiger partial charge >= 0.3 is 0 Å². The molecule has 2 aromatic carbocycles. The molecule has 0 spiro atoms. The third kappa shape index (κ3) is 9.86. The Balaban J connectivity index is 2.20. The Labute approximate surface area is 218 Å². The van der Waals surface area contributed by atoms with Gasteiger partial charge in [-0.2, -0.15) is 0 Å². The fourth-order valence-electron chi connectivity index (χ4n) is 3.60. The van der Waals surface area contributed by atoms with Crippen LogP contribution in [0.15, 0.2) is 48.5 Å². The van der Waals surface area contributed by atoms with Gasteiger partial charge in [-0.25, -0.2) is 17.6 Å². The van der Waals surface area contributed by atoms with Crippen LogP contribution in [0, 0.1) is 24.0 Å². The maximum absolute atomic E-state index is 13.9. The van der Waals surface area contributed by atoms with Gasteiger partial charge in [0.05, 0.1) is 19.1 Å². The van der Waals surface area contributed by atoms with E-state index in [0.717, 1.165) is 18.2 Å². The molecule has 0 aromatic heterocycles. The van der Waals surface area contributed by atoms with Crippen LogP contribution in [0.1, 0.15) is 30.9 Å². The van der Waals surface area contributed by atoms with Gasteiger partial charge in [0.1, 0.15) is 11.6 Å². The molecule has 0 aliphatic heterocycles. The summed E-state index contributed by atoms with van der Waals surface area (Å²) in [6.07, 6.45) is 3.17. The van der Waals surface area contributed by atoms with E-state index in [1.54, 1.807) is 30.3 Å². The minimum atomic E-state index is -3.45. The third-order valence-electron chi connectivity index (χ3n) is 5.41. The van der Waals surface area contributed by atoms with Crippen LogP contribution in [0.4, 0.5) is 17.6 Å². The summed E-state index contributed by atoms with van der Waals surface area (Å²) in [7, 11) is 0. The van der Waals surface area contributed by atoms with E-state index in [4.69, 9.17) is 6.42 Å². The fraction of sp³-hybridized carbons (Fsp3) is 0.370. The van der Waals surface area contributed by atoms with Crippen molar-refractivity contribution in [3.8, 4) is 12.3 Å². The van der Waals surface area contributed by atoms with Crippen LogP contribution in [-0.4, -0.2) is 58.9 Å². The zero-order valence-corrected chi connectivity index (χ0v) is 20.7. The lowest BCUT2D eigenvalue weighted by molar-refractivity contribution is -0.149. The number of aliphatic hydroxyl groups is 1. The number of halogens is 4. The summed E-state index contributed by atoms with van der Waals surface area (Å²) in [6.45, 7) is -2.23. The first-order chi connectivity index (χ1) is 17.9. The quantitative estimate of drug-likeness (QED) is 0.271. The number of benzene rings is 2. The fourth-order valence-corrected chi connectivity index (χ4v) is 3.60. The molecule has 2 rings (SSSR count). The predicted molar refractivity (Wildman–Crippen MR) is 132 cm³/mol. The van der Waals surface area contributed by atoms with Gasteiger partial charge in [-0.3, -0.25) is 14.4 Å². The lowest BCUT2D eigenvalue weighted by atomic mass is 9.99. The Morgan fingerprint density at radius 3 is 2.26 bits per heavy atom. The first kappa shape index (κ1) is 30.3. The minimum absolute atomic E-state index is 0.0232. The molecule has 3 N–H and O–H groups in total. The third-order valence-corrected chi connectivity index (χ3v) is 5.41. The van der Waals surface area contributed by atoms with Crippen LogP contribution in [0.2, 0.25) is 0 Å². The number of nitrogens with one attached hydrogen (secondary N) is 2. The van der Waals surface area contributed by atoms with E-state index in [9.17, 15) is 37.1 Å². The number of rotatable bonds is 13. The molecule has 204 valence electrons. The van der Waals surface area contributed by atoms with E-state index in [1.807, 2.05) is 0 Å². The number of hydrogen-bond acceptors (Lipinski definition) is 4. The lowest BCUT2D eigenvalue weighted by Crippen LogP contribution is -2.55. The van der Waals surface area contributed by atoms with Crippen molar-refractivity contribution in [2.24, 2.45) is 0 Å². The average Bonchev–Trinajstić information content (AvgIpc) is 2.85. The number of hydrogen-bond donors (Lipinski definition) is 3. The van der Waals surface area contributed by atoms with Crippen LogP contribution in [0.5, 0.6) is 0 Å². The van der Waals surface area contributed by atoms with Crippen molar-refractivity contribution >= 4 is 17.7 Å². The van der Waals surface area contributed by atoms with Gasteiger partial charge in [-0.1, -0.05) is 36.4 Å². The molecule has 2 unspecified atom stereocenters. The Morgan fingerprint density at radius 1 is 1.05 bits per heavy atom. The van der Waals surface area contributed by atoms with Gasteiger partial charge in [-0.15, -0.1) is 12.3 Å². The topological polar surface area (TPSA) is 98.7 Å². The maximum Gasteiger partial charge on any atom is 0.262 e. The molecule has 7 nitrogen and oxygen atoms in total. The second kappa shape index (κ2) is 14.1. The van der Waals surface area contributed by atoms with E-state index in [-0.39, 0.29) is 19.3 Å². The highest BCUT2D eigenvalue weighted by Crippen LogP contribution is 2.17. The molecular weight excluding hydrogens is 506 g/mol. The van der Waals surface area contributed by atoms with Gasteiger partial charge < -0.3 is 20.6 Å². The molecule has 0 aliphatic carbocycles. The van der Waals surface area contributed by atoms with Gasteiger partial charge in [-0.05, 0) is 24.1 Å². The minimum Gasteiger partial charge on any atom is -0.381 e. The molecule has 0 aliphatic rings. The smallest absolute Gasteiger partial charge is 0.262 e. The van der Waals surface area contributed by atoms with Crippen LogP contribution in [-0.2, 0) is 27.3 Å². The van der Waals surface area contributed by atoms with E-state index >= 15 is 0 Å². The molecular formula is C27H29F4N3O4. The number of carbonyl (C=O) groups excluding carboxylic acids is 3. The molecule has 2 atom stereocenters. The summed E-state index contributed by atoms with van der Waals surface area (Å²) < 4.78 is 55.5. The summed E-state index contributed by atoms with van der Waals surface area (Å²) in [4.78, 5) is 38.3. The van der Waals surface area contributed by atoms with Crippen LogP contribution in [0.3, 0.4) is 0 Å². The molecule has 11 heteroatoms. The van der Waals surface area contributed by atoms with Gasteiger partial charge in [0.2, 0.25) is 11.8 Å². The first-order valence-electron chi connectivity index (χ1n) is 11.7. The SMILES string of the molecule is C#CCCC(=O)NC(Cc1ccccc1)C(O)C(=O)N(CC(=O)NCc1c(F)cccc1F)CC(C)(F)F. The standard InChI is InChI=1S/C27H29F4N3O4/c1-3-4-13-23(35)33-22(14-18-9-6-5-7-10-18)25(37)26(38)34(17-27(2,30)31)16-24(36)32-15-19-20(28)11-8-12-21(19)29/h1,5-12,22,25,37H,4,13-17H2,2H3,(H,32,36)(H,33,35). The van der Waals surface area contributed by atoms with Gasteiger partial charge in [0.25, 0.3) is 11.8 Å². The molecule has 0 bridgehead atoms. The molecule has 38 heavy (non-hydrogen) atoms. The number of alkyl halides is 2. The number of aliphatic hydroxyl groups excluding tert-OH is 1. The Kier molecular flexibility index (Phi) is 11.3. The summed E-state index contributed by atoms with van der Waals surface area (Å²) in [5, 5.41) is 15.5. The number of terminal acetylenes is 1. The van der Waals surface area contributed by atoms with Crippen molar-refractivity contribution in [2.75, 3.05) is 13.1 Å². The Morgan fingerprint density at radius 2 is 1.68 bits per heavy atom. The highest BCUT2D eigenvalue weighted by molar-refractivity contribution is 5.88. The van der Waals surface area contributed by atoms with Crippen molar-refractivity contribution in [1.82, 2.24) is 15.5 Å². The first-order valence-corrected chi connectivity index (χ1v) is 11.7. The van der Waals surface area contributed by atoms with E-state index in [1.165, 1.54) is 0 Å². The maximum atomic E-state index is 13.9. The second-order valence-corrected chi connectivity index (χ2v) is 8.75. The molecule has 0 radical (unpaired) electrons. The second-order valence-electron chi connectivity index (χ2n) is 8.75. The van der Waals surface area contributed by atoms with Crippen molar-refractivity contribution in [2.45, 2.75) is 50.8 Å². The monoisotopic (exact) mass is 535 g/mol. The summed E-state index contributed by atoms with van der Waals surface area (Å²) >= 11 is 0. The number of nitrogens with zero attached hydrogens (tertiary/aromatic N) is 1. The van der Waals surface area contributed by atoms with Crippen LogP contribution >= 0.6 is 0 Å². The highest BCUT2D eigenvalue weighted by atomic mass is 19.3. The number of carbonyl (C=O) groups is 3. The number of amides is 3. The molecule has 0 fully saturated rings. The molecule has 0 saturated carbocycles. The van der Waals surface area contributed by atoms with Crippen molar-refractivity contribution in [3.05, 3.63) is 71.3 Å². The predicted octanol–water partition coefficient (Wildman–Crippen LogP) is 2.57. The van der Waals surface area contributed by atoms with E-state index in [0.29, 0.717) is 17.4 Å². The normalized spacial score (nSPS) is 12.7. The van der Waals surface area contributed by atoms with Crippen molar-refractivity contribution in [1.29, 1.82) is 0 Å². The Hall–Kier alpha value is -3.91. The average molecular weight is 536 g/mol. The summed E-state index contributed by atoms with van der Waals surface area (Å²) in [5.41, 5.74) is 0.191. The van der Waals surface area contributed by atoms with Crippen molar-refractivity contribution in [3.63, 3.8) is 0 Å². The van der Waals surface area contributed by atoms with Crippen LogP contribution < -0.4 is 10.6 Å². The van der Waals surface area contributed by atoms with E-state index in [2.05, 4.69) is 16.6 Å². The van der Waals surface area contributed by atoms with Crippen LogP contribution in [0.25, 0.3) is 0 Å². The summed E-state index contributed by atoms with van der Waals surface area (Å²) in [6, 6.07) is 10.4. The van der Waals surface area contributed by atoms with Crippen molar-refractivity contribution < 1.29 is 37.1 Å². The lowest BCUT2D eigenvalue weighted by Gasteiger charge is -2.31. The summed E-state index contributed by atoms with van der Waals surface area (Å²) in [5.74, 6) is -5.78. The highest BCUT2D eigenvalue weighted by Gasteiger charge is 2.36. The molecule has 2 aromatic rings.